The van der Waals surface area contributed by atoms with E-state index < -0.39 is 16.9 Å². The van der Waals surface area contributed by atoms with Gasteiger partial charge < -0.3 is 15.2 Å². The summed E-state index contributed by atoms with van der Waals surface area (Å²) in [5.74, 6) is 1.16. The van der Waals surface area contributed by atoms with Crippen LogP contribution in [-0.4, -0.2) is 47.1 Å². The van der Waals surface area contributed by atoms with E-state index in [0.29, 0.717) is 28.1 Å². The topological polar surface area (TPSA) is 58.6 Å². The van der Waals surface area contributed by atoms with Crippen LogP contribution in [-0.2, 0) is 10.8 Å². The van der Waals surface area contributed by atoms with Gasteiger partial charge in [-0.05, 0) is 31.2 Å². The SMILES string of the molecule is CS(=O)CCCNCC(O)COc1ccc(Cl)cc1Cl. The number of rotatable bonds is 9. The predicted molar refractivity (Wildman–Crippen MR) is 84.4 cm³/mol. The molecule has 1 aromatic rings. The molecular formula is C13H19Cl2NO3S. The Morgan fingerprint density at radius 3 is 2.85 bits per heavy atom. The van der Waals surface area contributed by atoms with Crippen molar-refractivity contribution < 1.29 is 14.1 Å². The molecule has 1 rings (SSSR count). The van der Waals surface area contributed by atoms with Gasteiger partial charge in [-0.25, -0.2) is 0 Å². The molecule has 0 aromatic heterocycles. The zero-order valence-electron chi connectivity index (χ0n) is 11.3. The highest BCUT2D eigenvalue weighted by Crippen LogP contribution is 2.27. The number of hydrogen-bond donors (Lipinski definition) is 2. The van der Waals surface area contributed by atoms with Gasteiger partial charge in [-0.1, -0.05) is 23.2 Å². The number of halogens is 2. The van der Waals surface area contributed by atoms with Crippen LogP contribution in [0.5, 0.6) is 5.75 Å². The molecule has 0 aliphatic rings. The van der Waals surface area contributed by atoms with Gasteiger partial charge in [0, 0.05) is 34.4 Å². The van der Waals surface area contributed by atoms with Crippen LogP contribution >= 0.6 is 23.2 Å². The summed E-state index contributed by atoms with van der Waals surface area (Å²) in [5, 5.41) is 13.8. The van der Waals surface area contributed by atoms with E-state index in [-0.39, 0.29) is 6.61 Å². The van der Waals surface area contributed by atoms with Crippen molar-refractivity contribution in [3.8, 4) is 5.75 Å². The Balaban J connectivity index is 2.19. The van der Waals surface area contributed by atoms with E-state index in [0.717, 1.165) is 13.0 Å². The maximum Gasteiger partial charge on any atom is 0.138 e. The van der Waals surface area contributed by atoms with Gasteiger partial charge in [0.2, 0.25) is 0 Å². The highest BCUT2D eigenvalue weighted by molar-refractivity contribution is 7.84. The fourth-order valence-corrected chi connectivity index (χ4v) is 2.52. The van der Waals surface area contributed by atoms with Crippen LogP contribution in [0.4, 0.5) is 0 Å². The number of nitrogens with one attached hydrogen (secondary N) is 1. The smallest absolute Gasteiger partial charge is 0.138 e. The van der Waals surface area contributed by atoms with E-state index in [1.165, 1.54) is 0 Å². The first-order valence-electron chi connectivity index (χ1n) is 6.25. The minimum absolute atomic E-state index is 0.147. The first-order valence-corrected chi connectivity index (χ1v) is 8.74. The summed E-state index contributed by atoms with van der Waals surface area (Å²) in [7, 11) is -0.765. The summed E-state index contributed by atoms with van der Waals surface area (Å²) in [6.45, 7) is 1.29. The molecule has 7 heteroatoms. The lowest BCUT2D eigenvalue weighted by Gasteiger charge is -2.14. The van der Waals surface area contributed by atoms with Gasteiger partial charge in [0.25, 0.3) is 0 Å². The molecule has 20 heavy (non-hydrogen) atoms. The Bertz CT molecular complexity index is 446. The molecule has 4 nitrogen and oxygen atoms in total. The van der Waals surface area contributed by atoms with Crippen LogP contribution in [0.15, 0.2) is 18.2 Å². The Labute approximate surface area is 131 Å². The van der Waals surface area contributed by atoms with Crippen LogP contribution in [0.3, 0.4) is 0 Å². The van der Waals surface area contributed by atoms with E-state index in [2.05, 4.69) is 5.32 Å². The van der Waals surface area contributed by atoms with Crippen LogP contribution in [0.1, 0.15) is 6.42 Å². The summed E-state index contributed by atoms with van der Waals surface area (Å²) in [5.41, 5.74) is 0. The number of aliphatic hydroxyl groups is 1. The van der Waals surface area contributed by atoms with Gasteiger partial charge in [0.05, 0.1) is 5.02 Å². The molecule has 1 aromatic carbocycles. The zero-order chi connectivity index (χ0) is 15.0. The molecule has 2 atom stereocenters. The third-order valence-electron chi connectivity index (χ3n) is 2.49. The van der Waals surface area contributed by atoms with Crippen LogP contribution in [0, 0.1) is 0 Å². The van der Waals surface area contributed by atoms with Gasteiger partial charge >= 0.3 is 0 Å². The standard InChI is InChI=1S/C13H19Cl2NO3S/c1-20(18)6-2-5-16-8-11(17)9-19-13-4-3-10(14)7-12(13)15/h3-4,7,11,16-17H,2,5-6,8-9H2,1H3. The number of ether oxygens (including phenoxy) is 1. The van der Waals surface area contributed by atoms with Gasteiger partial charge in [0.1, 0.15) is 18.5 Å². The summed E-state index contributed by atoms with van der Waals surface area (Å²) < 4.78 is 16.3. The molecule has 0 aliphatic carbocycles. The second kappa shape index (κ2) is 9.58. The molecule has 0 saturated carbocycles. The fraction of sp³-hybridized carbons (Fsp3) is 0.538. The molecule has 2 N–H and O–H groups in total. The van der Waals surface area contributed by atoms with Gasteiger partial charge in [-0.15, -0.1) is 0 Å². The second-order valence-corrected chi connectivity index (χ2v) is 6.77. The Morgan fingerprint density at radius 1 is 1.45 bits per heavy atom. The summed E-state index contributed by atoms with van der Waals surface area (Å²) in [6, 6.07) is 4.94. The first-order chi connectivity index (χ1) is 9.49. The molecule has 0 amide bonds. The lowest BCUT2D eigenvalue weighted by Crippen LogP contribution is -2.32. The average molecular weight is 340 g/mol. The fourth-order valence-electron chi connectivity index (χ4n) is 1.51. The largest absolute Gasteiger partial charge is 0.489 e. The second-order valence-electron chi connectivity index (χ2n) is 4.37. The number of hydrogen-bond acceptors (Lipinski definition) is 4. The van der Waals surface area contributed by atoms with Gasteiger partial charge in [-0.2, -0.15) is 0 Å². The van der Waals surface area contributed by atoms with E-state index >= 15 is 0 Å². The zero-order valence-corrected chi connectivity index (χ0v) is 13.6. The van der Waals surface area contributed by atoms with Crippen molar-refractivity contribution in [1.29, 1.82) is 0 Å². The van der Waals surface area contributed by atoms with Crippen molar-refractivity contribution >= 4 is 34.0 Å². The van der Waals surface area contributed by atoms with E-state index in [1.807, 2.05) is 0 Å². The first kappa shape index (κ1) is 17.7. The van der Waals surface area contributed by atoms with Crippen molar-refractivity contribution in [2.45, 2.75) is 12.5 Å². The van der Waals surface area contributed by atoms with Crippen LogP contribution in [0.2, 0.25) is 10.0 Å². The van der Waals surface area contributed by atoms with Crippen molar-refractivity contribution in [3.63, 3.8) is 0 Å². The number of benzene rings is 1. The van der Waals surface area contributed by atoms with Crippen LogP contribution < -0.4 is 10.1 Å². The molecule has 0 radical (unpaired) electrons. The molecule has 2 unspecified atom stereocenters. The van der Waals surface area contributed by atoms with E-state index in [4.69, 9.17) is 27.9 Å². The molecule has 0 fully saturated rings. The molecular weight excluding hydrogens is 321 g/mol. The predicted octanol–water partition coefficient (Wildman–Crippen LogP) is 2.09. The van der Waals surface area contributed by atoms with Crippen molar-refractivity contribution in [2.75, 3.05) is 31.7 Å². The van der Waals surface area contributed by atoms with Gasteiger partial charge in [0.15, 0.2) is 0 Å². The Hall–Kier alpha value is -0.330. The summed E-state index contributed by atoms with van der Waals surface area (Å²) >= 11 is 11.7. The summed E-state index contributed by atoms with van der Waals surface area (Å²) in [6.07, 6.45) is 1.87. The molecule has 0 aliphatic heterocycles. The van der Waals surface area contributed by atoms with E-state index in [1.54, 1.807) is 24.5 Å². The summed E-state index contributed by atoms with van der Waals surface area (Å²) in [4.78, 5) is 0. The maximum atomic E-state index is 10.8. The lowest BCUT2D eigenvalue weighted by molar-refractivity contribution is 0.106. The molecule has 0 bridgehead atoms. The minimum atomic E-state index is -0.765. The third-order valence-corrected chi connectivity index (χ3v) is 3.88. The number of aliphatic hydroxyl groups excluding tert-OH is 1. The van der Waals surface area contributed by atoms with Crippen molar-refractivity contribution in [1.82, 2.24) is 5.32 Å². The minimum Gasteiger partial charge on any atom is -0.489 e. The average Bonchev–Trinajstić information content (AvgIpc) is 2.37. The monoisotopic (exact) mass is 339 g/mol. The molecule has 0 spiro atoms. The maximum absolute atomic E-state index is 10.8. The third kappa shape index (κ3) is 7.45. The van der Waals surface area contributed by atoms with Crippen molar-refractivity contribution in [2.24, 2.45) is 0 Å². The van der Waals surface area contributed by atoms with Gasteiger partial charge in [-0.3, -0.25) is 4.21 Å². The molecule has 0 saturated heterocycles. The molecule has 0 heterocycles. The van der Waals surface area contributed by atoms with E-state index in [9.17, 15) is 9.32 Å². The Kier molecular flexibility index (Phi) is 8.49. The van der Waals surface area contributed by atoms with Crippen molar-refractivity contribution in [3.05, 3.63) is 28.2 Å². The highest BCUT2D eigenvalue weighted by Gasteiger charge is 2.07. The quantitative estimate of drug-likeness (QED) is 0.676. The lowest BCUT2D eigenvalue weighted by atomic mass is 10.3. The molecule has 114 valence electrons. The normalized spacial score (nSPS) is 14.0. The highest BCUT2D eigenvalue weighted by atomic mass is 35.5. The van der Waals surface area contributed by atoms with Crippen LogP contribution in [0.25, 0.3) is 0 Å². The Morgan fingerprint density at radius 2 is 2.20 bits per heavy atom.